The van der Waals surface area contributed by atoms with Gasteiger partial charge >= 0.3 is 6.03 Å². The Hall–Kier alpha value is -3.20. The summed E-state index contributed by atoms with van der Waals surface area (Å²) in [6, 6.07) is 6.38. The van der Waals surface area contributed by atoms with Crippen molar-refractivity contribution in [2.75, 3.05) is 26.1 Å². The van der Waals surface area contributed by atoms with E-state index in [0.29, 0.717) is 29.5 Å². The molecule has 2 amide bonds. The third-order valence-electron chi connectivity index (χ3n) is 3.53. The average Bonchev–Trinajstić information content (AvgIpc) is 3.04. The molecule has 3 N–H and O–H groups in total. The van der Waals surface area contributed by atoms with Crippen LogP contribution in [0.4, 0.5) is 10.6 Å². The number of anilines is 1. The molecule has 0 aliphatic rings. The quantitative estimate of drug-likeness (QED) is 0.630. The largest absolute Gasteiger partial charge is 0.479 e. The van der Waals surface area contributed by atoms with Crippen LogP contribution in [0, 0.1) is 0 Å². The molecule has 3 heterocycles. The summed E-state index contributed by atoms with van der Waals surface area (Å²) in [5.74, 6) is 0.835. The number of ether oxygens (including phenoxy) is 2. The molecular formula is C16H18N6O3. The maximum absolute atomic E-state index is 12.3. The van der Waals surface area contributed by atoms with E-state index in [1.807, 2.05) is 18.2 Å². The van der Waals surface area contributed by atoms with Gasteiger partial charge in [0.1, 0.15) is 5.82 Å². The van der Waals surface area contributed by atoms with Gasteiger partial charge in [-0.2, -0.15) is 0 Å². The second-order valence-electron chi connectivity index (χ2n) is 5.21. The molecule has 0 saturated heterocycles. The average molecular weight is 342 g/mol. The van der Waals surface area contributed by atoms with E-state index >= 15 is 0 Å². The van der Waals surface area contributed by atoms with Gasteiger partial charge in [-0.3, -0.25) is 15.4 Å². The molecule has 9 nitrogen and oxygen atoms in total. The molecule has 1 atom stereocenters. The van der Waals surface area contributed by atoms with Gasteiger partial charge in [-0.25, -0.2) is 9.78 Å². The molecule has 0 radical (unpaired) electrons. The van der Waals surface area contributed by atoms with Crippen LogP contribution in [0.5, 0.6) is 5.88 Å². The van der Waals surface area contributed by atoms with Gasteiger partial charge in [0.05, 0.1) is 36.4 Å². The first-order valence-electron chi connectivity index (χ1n) is 7.56. The second-order valence-corrected chi connectivity index (χ2v) is 5.21. The molecule has 0 aliphatic carbocycles. The van der Waals surface area contributed by atoms with E-state index in [1.165, 1.54) is 7.11 Å². The summed E-state index contributed by atoms with van der Waals surface area (Å²) in [4.78, 5) is 20.7. The second kappa shape index (κ2) is 7.58. The van der Waals surface area contributed by atoms with Gasteiger partial charge < -0.3 is 14.8 Å². The predicted octanol–water partition coefficient (Wildman–Crippen LogP) is 1.87. The number of methoxy groups -OCH3 is 2. The number of hydrogen-bond donors (Lipinski definition) is 3. The number of carbonyl (C=O) groups is 1. The number of nitrogens with one attached hydrogen (secondary N) is 3. The van der Waals surface area contributed by atoms with Gasteiger partial charge in [0.15, 0.2) is 0 Å². The summed E-state index contributed by atoms with van der Waals surface area (Å²) in [6.45, 7) is 0.300. The van der Waals surface area contributed by atoms with Crippen molar-refractivity contribution in [3.8, 4) is 5.88 Å². The molecule has 0 saturated carbocycles. The normalized spacial score (nSPS) is 11.9. The third kappa shape index (κ3) is 3.83. The first kappa shape index (κ1) is 16.7. The zero-order valence-electron chi connectivity index (χ0n) is 13.8. The lowest BCUT2D eigenvalue weighted by Crippen LogP contribution is -2.35. The highest BCUT2D eigenvalue weighted by molar-refractivity contribution is 5.92. The number of hydrogen-bond acceptors (Lipinski definition) is 6. The first-order chi connectivity index (χ1) is 12.2. The molecule has 0 aromatic carbocycles. The molecule has 0 spiro atoms. The van der Waals surface area contributed by atoms with Crippen molar-refractivity contribution in [3.63, 3.8) is 0 Å². The Morgan fingerprint density at radius 1 is 1.32 bits per heavy atom. The van der Waals surface area contributed by atoms with Gasteiger partial charge in [-0.15, -0.1) is 5.10 Å². The van der Waals surface area contributed by atoms with Crippen LogP contribution in [-0.4, -0.2) is 47.0 Å². The zero-order valence-corrected chi connectivity index (χ0v) is 13.8. The van der Waals surface area contributed by atoms with Crippen molar-refractivity contribution < 1.29 is 14.3 Å². The van der Waals surface area contributed by atoms with Crippen LogP contribution in [0.2, 0.25) is 0 Å². The van der Waals surface area contributed by atoms with E-state index in [1.54, 1.807) is 25.6 Å². The number of aromatic amines is 1. The van der Waals surface area contributed by atoms with Crippen molar-refractivity contribution in [1.82, 2.24) is 25.5 Å². The highest BCUT2D eigenvalue weighted by atomic mass is 16.5. The first-order valence-corrected chi connectivity index (χ1v) is 7.56. The Morgan fingerprint density at radius 2 is 2.20 bits per heavy atom. The zero-order chi connectivity index (χ0) is 17.6. The number of amides is 2. The number of fused-ring (bicyclic) bond motifs is 1. The van der Waals surface area contributed by atoms with Crippen LogP contribution in [0.1, 0.15) is 11.7 Å². The molecular weight excluding hydrogens is 324 g/mol. The van der Waals surface area contributed by atoms with Crippen LogP contribution in [0.3, 0.4) is 0 Å². The van der Waals surface area contributed by atoms with E-state index in [0.717, 1.165) is 5.39 Å². The molecule has 0 bridgehead atoms. The lowest BCUT2D eigenvalue weighted by atomic mass is 10.2. The predicted molar refractivity (Wildman–Crippen MR) is 91.4 cm³/mol. The number of rotatable bonds is 6. The van der Waals surface area contributed by atoms with Crippen LogP contribution in [-0.2, 0) is 4.74 Å². The fourth-order valence-corrected chi connectivity index (χ4v) is 2.37. The van der Waals surface area contributed by atoms with Crippen molar-refractivity contribution >= 4 is 22.8 Å². The Balaban J connectivity index is 1.70. The summed E-state index contributed by atoms with van der Waals surface area (Å²) in [6.07, 6.45) is 3.25. The number of urea groups is 1. The molecule has 3 aromatic heterocycles. The summed E-state index contributed by atoms with van der Waals surface area (Å²) in [5.41, 5.74) is 1.42. The summed E-state index contributed by atoms with van der Waals surface area (Å²) in [5, 5.41) is 13.1. The fraction of sp³-hybridized carbons (Fsp3) is 0.250. The van der Waals surface area contributed by atoms with E-state index in [-0.39, 0.29) is 6.04 Å². The minimum absolute atomic E-state index is 0.300. The molecule has 25 heavy (non-hydrogen) atoms. The summed E-state index contributed by atoms with van der Waals surface area (Å²) in [7, 11) is 3.10. The number of aromatic nitrogens is 4. The van der Waals surface area contributed by atoms with Gasteiger partial charge in [-0.1, -0.05) is 6.07 Å². The highest BCUT2D eigenvalue weighted by Crippen LogP contribution is 2.23. The molecule has 3 rings (SSSR count). The maximum atomic E-state index is 12.3. The lowest BCUT2D eigenvalue weighted by molar-refractivity contribution is 0.166. The van der Waals surface area contributed by atoms with Gasteiger partial charge in [0.2, 0.25) is 5.88 Å². The van der Waals surface area contributed by atoms with Crippen LogP contribution < -0.4 is 15.4 Å². The van der Waals surface area contributed by atoms with E-state index in [4.69, 9.17) is 9.47 Å². The molecule has 0 fully saturated rings. The third-order valence-corrected chi connectivity index (χ3v) is 3.53. The fourth-order valence-electron chi connectivity index (χ4n) is 2.37. The smallest absolute Gasteiger partial charge is 0.321 e. The molecule has 3 aromatic rings. The van der Waals surface area contributed by atoms with Gasteiger partial charge in [-0.05, 0) is 12.1 Å². The van der Waals surface area contributed by atoms with Crippen LogP contribution >= 0.6 is 0 Å². The Labute approximate surface area is 143 Å². The van der Waals surface area contributed by atoms with Crippen molar-refractivity contribution in [3.05, 3.63) is 42.4 Å². The molecule has 9 heteroatoms. The van der Waals surface area contributed by atoms with E-state index < -0.39 is 6.03 Å². The molecule has 1 unspecified atom stereocenters. The molecule has 0 aliphatic heterocycles. The maximum Gasteiger partial charge on any atom is 0.321 e. The minimum Gasteiger partial charge on any atom is -0.479 e. The number of H-pyrrole nitrogens is 1. The van der Waals surface area contributed by atoms with Crippen LogP contribution in [0.25, 0.3) is 10.9 Å². The highest BCUT2D eigenvalue weighted by Gasteiger charge is 2.16. The summed E-state index contributed by atoms with van der Waals surface area (Å²) < 4.78 is 10.3. The lowest BCUT2D eigenvalue weighted by Gasteiger charge is -2.17. The number of carbonyl (C=O) groups excluding carboxylic acids is 1. The molecule has 130 valence electrons. The van der Waals surface area contributed by atoms with Crippen molar-refractivity contribution in [2.24, 2.45) is 0 Å². The standard InChI is InChI=1S/C16H18N6O3/c1-24-9-13(11-5-3-4-6-17-11)19-16(23)20-14-7-12-10(8-18-14)15(25-2)22-21-12/h3-8,13H,9H2,1-2H3,(H,21,22)(H2,18,19,20,23). The van der Waals surface area contributed by atoms with Crippen molar-refractivity contribution in [1.29, 1.82) is 0 Å². The Bertz CT molecular complexity index is 851. The minimum atomic E-state index is -0.411. The SMILES string of the molecule is COCC(NC(=O)Nc1cc2[nH]nc(OC)c2cn1)c1ccccn1. The van der Waals surface area contributed by atoms with Crippen LogP contribution in [0.15, 0.2) is 36.7 Å². The topological polar surface area (TPSA) is 114 Å². The Morgan fingerprint density at radius 3 is 2.92 bits per heavy atom. The van der Waals surface area contributed by atoms with E-state index in [2.05, 4.69) is 30.8 Å². The van der Waals surface area contributed by atoms with Gasteiger partial charge in [0.25, 0.3) is 0 Å². The van der Waals surface area contributed by atoms with Crippen molar-refractivity contribution in [2.45, 2.75) is 6.04 Å². The Kier molecular flexibility index (Phi) is 5.05. The number of nitrogens with zero attached hydrogens (tertiary/aromatic N) is 3. The number of pyridine rings is 2. The summed E-state index contributed by atoms with van der Waals surface area (Å²) >= 11 is 0. The monoisotopic (exact) mass is 342 g/mol. The van der Waals surface area contributed by atoms with Gasteiger partial charge in [0, 0.05) is 25.6 Å². The van der Waals surface area contributed by atoms with E-state index in [9.17, 15) is 4.79 Å².